The second-order valence-electron chi connectivity index (χ2n) is 3.25. The summed E-state index contributed by atoms with van der Waals surface area (Å²) >= 11 is 0. The number of nitrogens with one attached hydrogen (secondary N) is 1. The molecule has 5 N–H and O–H groups in total. The van der Waals surface area contributed by atoms with Crippen LogP contribution in [-0.2, 0) is 4.74 Å². The Bertz CT molecular complexity index is 174. The summed E-state index contributed by atoms with van der Waals surface area (Å²) in [6, 6.07) is 0. The molecule has 5 heteroatoms. The van der Waals surface area contributed by atoms with E-state index >= 15 is 0 Å². The third-order valence-corrected chi connectivity index (χ3v) is 2.03. The molecule has 1 rings (SSSR count). The first-order chi connectivity index (χ1) is 5.66. The molecule has 0 aliphatic carbocycles. The van der Waals surface area contributed by atoms with Crippen molar-refractivity contribution in [3.63, 3.8) is 0 Å². The minimum Gasteiger partial charge on any atom is -0.373 e. The second kappa shape index (κ2) is 3.73. The lowest BCUT2D eigenvalue weighted by Crippen LogP contribution is -2.39. The van der Waals surface area contributed by atoms with Crippen molar-refractivity contribution in [3.05, 3.63) is 0 Å². The Labute approximate surface area is 72.1 Å². The van der Waals surface area contributed by atoms with Crippen molar-refractivity contribution in [2.75, 3.05) is 13.2 Å². The molecular weight excluding hydrogens is 156 g/mol. The largest absolute Gasteiger partial charge is 0.373 e. The van der Waals surface area contributed by atoms with Crippen LogP contribution >= 0.6 is 0 Å². The molecule has 0 radical (unpaired) electrons. The van der Waals surface area contributed by atoms with E-state index in [1.807, 2.05) is 6.92 Å². The fourth-order valence-electron chi connectivity index (χ4n) is 1.26. The van der Waals surface area contributed by atoms with Crippen molar-refractivity contribution in [3.8, 4) is 0 Å². The first-order valence-electron chi connectivity index (χ1n) is 4.07. The van der Waals surface area contributed by atoms with Gasteiger partial charge < -0.3 is 10.5 Å². The number of hydrogen-bond donors (Lipinski definition) is 3. The van der Waals surface area contributed by atoms with Gasteiger partial charge >= 0.3 is 0 Å². The molecule has 1 saturated heterocycles. The maximum Gasteiger partial charge on any atom is 0.203 e. The Morgan fingerprint density at radius 3 is 3.00 bits per heavy atom. The fraction of sp³-hybridized carbons (Fsp3) is 0.857. The molecule has 5 nitrogen and oxygen atoms in total. The van der Waals surface area contributed by atoms with Gasteiger partial charge in [0.05, 0.1) is 12.1 Å². The summed E-state index contributed by atoms with van der Waals surface area (Å²) in [5.74, 6) is 5.31. The first kappa shape index (κ1) is 9.28. The van der Waals surface area contributed by atoms with Crippen LogP contribution in [0, 0.1) is 0 Å². The van der Waals surface area contributed by atoms with Gasteiger partial charge in [0, 0.05) is 6.61 Å². The molecule has 1 aliphatic rings. The smallest absolute Gasteiger partial charge is 0.203 e. The minimum absolute atomic E-state index is 0.137. The molecule has 1 fully saturated rings. The van der Waals surface area contributed by atoms with Gasteiger partial charge in [-0.1, -0.05) is 0 Å². The summed E-state index contributed by atoms with van der Waals surface area (Å²) in [5, 5.41) is 0. The summed E-state index contributed by atoms with van der Waals surface area (Å²) in [4.78, 5) is 4.03. The van der Waals surface area contributed by atoms with E-state index in [0.29, 0.717) is 6.54 Å². The maximum absolute atomic E-state index is 5.50. The zero-order valence-corrected chi connectivity index (χ0v) is 7.34. The molecule has 1 unspecified atom stereocenters. The van der Waals surface area contributed by atoms with E-state index in [4.69, 9.17) is 16.3 Å². The third kappa shape index (κ3) is 2.35. The van der Waals surface area contributed by atoms with Crippen LogP contribution in [0.2, 0.25) is 0 Å². The van der Waals surface area contributed by atoms with Gasteiger partial charge in [-0.15, -0.1) is 0 Å². The molecule has 12 heavy (non-hydrogen) atoms. The third-order valence-electron chi connectivity index (χ3n) is 2.03. The van der Waals surface area contributed by atoms with Gasteiger partial charge in [-0.25, -0.2) is 10.8 Å². The van der Waals surface area contributed by atoms with Gasteiger partial charge in [0.1, 0.15) is 0 Å². The summed E-state index contributed by atoms with van der Waals surface area (Å²) < 4.78 is 5.50. The summed E-state index contributed by atoms with van der Waals surface area (Å²) in [5.41, 5.74) is 7.51. The van der Waals surface area contributed by atoms with Crippen molar-refractivity contribution < 1.29 is 4.74 Å². The zero-order chi connectivity index (χ0) is 9.03. The molecule has 0 spiro atoms. The molecule has 1 heterocycles. The van der Waals surface area contributed by atoms with Crippen LogP contribution in [0.15, 0.2) is 4.99 Å². The number of ether oxygens (including phenoxy) is 1. The lowest BCUT2D eigenvalue weighted by molar-refractivity contribution is 0.0284. The summed E-state index contributed by atoms with van der Waals surface area (Å²) in [7, 11) is 0. The average Bonchev–Trinajstić information content (AvgIpc) is 2.49. The molecule has 0 aromatic carbocycles. The molecular formula is C7H16N4O. The van der Waals surface area contributed by atoms with E-state index in [1.165, 1.54) is 0 Å². The zero-order valence-electron chi connectivity index (χ0n) is 7.34. The van der Waals surface area contributed by atoms with Crippen molar-refractivity contribution >= 4 is 5.96 Å². The Balaban J connectivity index is 2.39. The molecule has 1 aliphatic heterocycles. The van der Waals surface area contributed by atoms with E-state index in [9.17, 15) is 0 Å². The number of guanidine groups is 1. The van der Waals surface area contributed by atoms with Crippen molar-refractivity contribution in [2.24, 2.45) is 16.6 Å². The van der Waals surface area contributed by atoms with E-state index in [1.54, 1.807) is 0 Å². The van der Waals surface area contributed by atoms with Crippen LogP contribution < -0.4 is 17.0 Å². The maximum atomic E-state index is 5.50. The van der Waals surface area contributed by atoms with Gasteiger partial charge in [-0.3, -0.25) is 5.43 Å². The van der Waals surface area contributed by atoms with Crippen LogP contribution in [0.5, 0.6) is 0 Å². The lowest BCUT2D eigenvalue weighted by atomic mass is 10.0. The number of hydrazine groups is 1. The topological polar surface area (TPSA) is 85.7 Å². The highest BCUT2D eigenvalue weighted by Gasteiger charge is 2.29. The second-order valence-corrected chi connectivity index (χ2v) is 3.25. The van der Waals surface area contributed by atoms with Crippen LogP contribution in [0.25, 0.3) is 0 Å². The van der Waals surface area contributed by atoms with Gasteiger partial charge in [0.25, 0.3) is 0 Å². The highest BCUT2D eigenvalue weighted by atomic mass is 16.5. The number of hydrogen-bond acceptors (Lipinski definition) is 3. The van der Waals surface area contributed by atoms with Crippen LogP contribution in [0.4, 0.5) is 0 Å². The molecule has 70 valence electrons. The summed E-state index contributed by atoms with van der Waals surface area (Å²) in [6.45, 7) is 3.43. The normalized spacial score (nSPS) is 30.7. The molecule has 0 amide bonds. The first-order valence-corrected chi connectivity index (χ1v) is 4.07. The number of nitrogens with zero attached hydrogens (tertiary/aromatic N) is 1. The Morgan fingerprint density at radius 1 is 1.75 bits per heavy atom. The van der Waals surface area contributed by atoms with Crippen LogP contribution in [0.1, 0.15) is 19.8 Å². The Hall–Kier alpha value is -0.810. The number of aliphatic imine (C=N–C) groups is 1. The standard InChI is InChI=1S/C7H16N4O/c1-7(3-2-4-12-7)5-10-6(8)11-9/h2-5,9H2,1H3,(H3,8,10,11). The predicted molar refractivity (Wildman–Crippen MR) is 47.4 cm³/mol. The van der Waals surface area contributed by atoms with Crippen LogP contribution in [-0.4, -0.2) is 24.7 Å². The summed E-state index contributed by atoms with van der Waals surface area (Å²) in [6.07, 6.45) is 2.14. The predicted octanol–water partition coefficient (Wildman–Crippen LogP) is -0.666. The van der Waals surface area contributed by atoms with Gasteiger partial charge in [0.2, 0.25) is 5.96 Å². The highest BCUT2D eigenvalue weighted by Crippen LogP contribution is 2.24. The van der Waals surface area contributed by atoms with E-state index in [-0.39, 0.29) is 11.6 Å². The van der Waals surface area contributed by atoms with Crippen LogP contribution in [0.3, 0.4) is 0 Å². The van der Waals surface area contributed by atoms with Gasteiger partial charge in [-0.05, 0) is 19.8 Å². The Kier molecular flexibility index (Phi) is 2.88. The molecule has 0 bridgehead atoms. The van der Waals surface area contributed by atoms with Crippen molar-refractivity contribution in [1.29, 1.82) is 0 Å². The minimum atomic E-state index is -0.137. The Morgan fingerprint density at radius 2 is 2.50 bits per heavy atom. The van der Waals surface area contributed by atoms with Crippen molar-refractivity contribution in [2.45, 2.75) is 25.4 Å². The lowest BCUT2D eigenvalue weighted by Gasteiger charge is -2.20. The van der Waals surface area contributed by atoms with Crippen molar-refractivity contribution in [1.82, 2.24) is 5.43 Å². The number of rotatable bonds is 2. The monoisotopic (exact) mass is 172 g/mol. The molecule has 0 saturated carbocycles. The quantitative estimate of drug-likeness (QED) is 0.223. The average molecular weight is 172 g/mol. The highest BCUT2D eigenvalue weighted by molar-refractivity contribution is 5.77. The van der Waals surface area contributed by atoms with E-state index < -0.39 is 0 Å². The fourth-order valence-corrected chi connectivity index (χ4v) is 1.26. The van der Waals surface area contributed by atoms with Gasteiger partial charge in [-0.2, -0.15) is 0 Å². The SMILES string of the molecule is CC1(CN=C(N)NN)CCCO1. The molecule has 0 aromatic heterocycles. The van der Waals surface area contributed by atoms with Gasteiger partial charge in [0.15, 0.2) is 0 Å². The van der Waals surface area contributed by atoms with E-state index in [0.717, 1.165) is 19.4 Å². The number of nitrogens with two attached hydrogens (primary N) is 2. The molecule has 1 atom stereocenters. The van der Waals surface area contributed by atoms with E-state index in [2.05, 4.69) is 10.4 Å². The molecule has 0 aromatic rings.